The maximum Gasteiger partial charge on any atom is 0.220 e. The van der Waals surface area contributed by atoms with Crippen LogP contribution in [0.25, 0.3) is 0 Å². The van der Waals surface area contributed by atoms with Gasteiger partial charge in [0.2, 0.25) is 5.91 Å². The van der Waals surface area contributed by atoms with Crippen LogP contribution in [0.1, 0.15) is 23.1 Å². The van der Waals surface area contributed by atoms with Gasteiger partial charge in [-0.05, 0) is 37.7 Å². The summed E-state index contributed by atoms with van der Waals surface area (Å²) in [5.41, 5.74) is 0. The van der Waals surface area contributed by atoms with Gasteiger partial charge in [0.25, 0.3) is 0 Å². The Hall–Kier alpha value is -1.59. The first-order valence-corrected chi connectivity index (χ1v) is 7.53. The predicted octanol–water partition coefficient (Wildman–Crippen LogP) is 2.69. The van der Waals surface area contributed by atoms with Gasteiger partial charge in [-0.1, -0.05) is 6.07 Å². The average Bonchev–Trinajstić information content (AvgIpc) is 3.09. The van der Waals surface area contributed by atoms with Crippen LogP contribution in [0.15, 0.2) is 40.3 Å². The molecule has 108 valence electrons. The highest BCUT2D eigenvalue weighted by molar-refractivity contribution is 7.10. The predicted molar refractivity (Wildman–Crippen MR) is 80.8 cm³/mol. The number of hydrogen-bond acceptors (Lipinski definition) is 4. The van der Waals surface area contributed by atoms with E-state index in [1.54, 1.807) is 17.6 Å². The SMILES string of the molecule is CN(C)C(CNC(=O)CCc1ccco1)c1cccs1. The van der Waals surface area contributed by atoms with E-state index in [4.69, 9.17) is 4.42 Å². The summed E-state index contributed by atoms with van der Waals surface area (Å²) in [6.45, 7) is 0.629. The highest BCUT2D eigenvalue weighted by atomic mass is 32.1. The van der Waals surface area contributed by atoms with E-state index in [0.29, 0.717) is 19.4 Å². The first kappa shape index (κ1) is 14.8. The van der Waals surface area contributed by atoms with Crippen molar-refractivity contribution >= 4 is 17.2 Å². The van der Waals surface area contributed by atoms with E-state index >= 15 is 0 Å². The molecule has 0 saturated heterocycles. The Morgan fingerprint density at radius 1 is 1.40 bits per heavy atom. The highest BCUT2D eigenvalue weighted by Crippen LogP contribution is 2.22. The smallest absolute Gasteiger partial charge is 0.220 e. The van der Waals surface area contributed by atoms with Crippen molar-refractivity contribution in [2.24, 2.45) is 0 Å². The number of carbonyl (C=O) groups is 1. The van der Waals surface area contributed by atoms with Gasteiger partial charge in [-0.3, -0.25) is 4.79 Å². The number of nitrogens with zero attached hydrogens (tertiary/aromatic N) is 1. The lowest BCUT2D eigenvalue weighted by Gasteiger charge is -2.23. The third kappa shape index (κ3) is 4.21. The van der Waals surface area contributed by atoms with Gasteiger partial charge in [0.05, 0.1) is 12.3 Å². The molecule has 0 radical (unpaired) electrons. The molecule has 20 heavy (non-hydrogen) atoms. The van der Waals surface area contributed by atoms with Gasteiger partial charge in [-0.25, -0.2) is 0 Å². The molecule has 1 N–H and O–H groups in total. The Balaban J connectivity index is 1.79. The maximum absolute atomic E-state index is 11.9. The topological polar surface area (TPSA) is 45.5 Å². The quantitative estimate of drug-likeness (QED) is 0.853. The van der Waals surface area contributed by atoms with E-state index in [9.17, 15) is 4.79 Å². The van der Waals surface area contributed by atoms with Gasteiger partial charge in [0, 0.05) is 24.3 Å². The minimum Gasteiger partial charge on any atom is -0.469 e. The fourth-order valence-electron chi connectivity index (χ4n) is 2.01. The summed E-state index contributed by atoms with van der Waals surface area (Å²) in [6, 6.07) is 8.09. The number of thiophene rings is 1. The van der Waals surface area contributed by atoms with Crippen molar-refractivity contribution in [3.63, 3.8) is 0 Å². The summed E-state index contributed by atoms with van der Waals surface area (Å²) in [5, 5.41) is 5.06. The molecular formula is C15H20N2O2S. The summed E-state index contributed by atoms with van der Waals surface area (Å²) in [5.74, 6) is 0.910. The van der Waals surface area contributed by atoms with Gasteiger partial charge in [-0.15, -0.1) is 11.3 Å². The van der Waals surface area contributed by atoms with E-state index in [-0.39, 0.29) is 11.9 Å². The third-order valence-corrected chi connectivity index (χ3v) is 4.14. The van der Waals surface area contributed by atoms with Crippen molar-refractivity contribution in [3.8, 4) is 0 Å². The number of carbonyl (C=O) groups excluding carboxylic acids is 1. The third-order valence-electron chi connectivity index (χ3n) is 3.17. The van der Waals surface area contributed by atoms with Crippen LogP contribution in [0.5, 0.6) is 0 Å². The van der Waals surface area contributed by atoms with Crippen molar-refractivity contribution in [1.82, 2.24) is 10.2 Å². The Bertz CT molecular complexity index is 506. The zero-order valence-corrected chi connectivity index (χ0v) is 12.7. The molecule has 0 saturated carbocycles. The molecular weight excluding hydrogens is 272 g/mol. The highest BCUT2D eigenvalue weighted by Gasteiger charge is 2.16. The van der Waals surface area contributed by atoms with Gasteiger partial charge < -0.3 is 14.6 Å². The molecule has 2 aromatic rings. The molecule has 1 atom stereocenters. The molecule has 0 aliphatic carbocycles. The molecule has 1 unspecified atom stereocenters. The van der Waals surface area contributed by atoms with Crippen LogP contribution in [0.4, 0.5) is 0 Å². The van der Waals surface area contributed by atoms with Gasteiger partial charge in [-0.2, -0.15) is 0 Å². The number of aryl methyl sites for hydroxylation is 1. The van der Waals surface area contributed by atoms with Crippen LogP contribution in [0.3, 0.4) is 0 Å². The summed E-state index contributed by atoms with van der Waals surface area (Å²) >= 11 is 1.71. The van der Waals surface area contributed by atoms with Crippen molar-refractivity contribution in [2.75, 3.05) is 20.6 Å². The van der Waals surface area contributed by atoms with Crippen LogP contribution >= 0.6 is 11.3 Å². The Labute approximate surface area is 123 Å². The fraction of sp³-hybridized carbons (Fsp3) is 0.400. The zero-order chi connectivity index (χ0) is 14.4. The van der Waals surface area contributed by atoms with E-state index < -0.39 is 0 Å². The normalized spacial score (nSPS) is 12.6. The molecule has 0 fully saturated rings. The minimum atomic E-state index is 0.0600. The largest absolute Gasteiger partial charge is 0.469 e. The van der Waals surface area contributed by atoms with E-state index in [0.717, 1.165) is 5.76 Å². The summed E-state index contributed by atoms with van der Waals surface area (Å²) < 4.78 is 5.22. The van der Waals surface area contributed by atoms with E-state index in [2.05, 4.69) is 21.7 Å². The van der Waals surface area contributed by atoms with Gasteiger partial charge in [0.1, 0.15) is 5.76 Å². The molecule has 0 spiro atoms. The molecule has 0 aliphatic heterocycles. The average molecular weight is 292 g/mol. The molecule has 1 amide bonds. The summed E-state index contributed by atoms with van der Waals surface area (Å²) in [7, 11) is 4.05. The number of nitrogens with one attached hydrogen (secondary N) is 1. The molecule has 0 aliphatic rings. The van der Waals surface area contributed by atoms with Gasteiger partial charge >= 0.3 is 0 Å². The first-order valence-electron chi connectivity index (χ1n) is 6.65. The summed E-state index contributed by atoms with van der Waals surface area (Å²) in [4.78, 5) is 15.3. The van der Waals surface area contributed by atoms with Crippen LogP contribution in [-0.2, 0) is 11.2 Å². The van der Waals surface area contributed by atoms with E-state index in [1.807, 2.05) is 32.3 Å². The minimum absolute atomic E-state index is 0.0600. The Morgan fingerprint density at radius 3 is 2.85 bits per heavy atom. The van der Waals surface area contributed by atoms with Crippen molar-refractivity contribution in [3.05, 3.63) is 46.5 Å². The number of likely N-dealkylation sites (N-methyl/N-ethyl adjacent to an activating group) is 1. The molecule has 0 bridgehead atoms. The Morgan fingerprint density at radius 2 is 2.25 bits per heavy atom. The molecule has 2 aromatic heterocycles. The maximum atomic E-state index is 11.9. The van der Waals surface area contributed by atoms with Crippen molar-refractivity contribution < 1.29 is 9.21 Å². The molecule has 4 nitrogen and oxygen atoms in total. The molecule has 0 aromatic carbocycles. The second-order valence-corrected chi connectivity index (χ2v) is 5.86. The van der Waals surface area contributed by atoms with E-state index in [1.165, 1.54) is 4.88 Å². The zero-order valence-electron chi connectivity index (χ0n) is 11.8. The molecule has 5 heteroatoms. The molecule has 2 rings (SSSR count). The lowest BCUT2D eigenvalue weighted by atomic mass is 10.2. The lowest BCUT2D eigenvalue weighted by Crippen LogP contribution is -2.34. The van der Waals surface area contributed by atoms with Crippen LogP contribution < -0.4 is 5.32 Å². The number of rotatable bonds is 7. The van der Waals surface area contributed by atoms with Crippen molar-refractivity contribution in [1.29, 1.82) is 0 Å². The molecule has 2 heterocycles. The van der Waals surface area contributed by atoms with Crippen molar-refractivity contribution in [2.45, 2.75) is 18.9 Å². The first-order chi connectivity index (χ1) is 9.66. The Kier molecular flexibility index (Phi) is 5.38. The summed E-state index contributed by atoms with van der Waals surface area (Å²) in [6.07, 6.45) is 2.73. The number of amides is 1. The standard InChI is InChI=1S/C15H20N2O2S/c1-17(2)13(14-6-4-10-20-14)11-16-15(18)8-7-12-5-3-9-19-12/h3-6,9-10,13H,7-8,11H2,1-2H3,(H,16,18). The van der Waals surface area contributed by atoms with Crippen LogP contribution in [0.2, 0.25) is 0 Å². The second-order valence-electron chi connectivity index (χ2n) is 4.88. The van der Waals surface area contributed by atoms with Gasteiger partial charge in [0.15, 0.2) is 0 Å². The lowest BCUT2D eigenvalue weighted by molar-refractivity contribution is -0.121. The number of hydrogen-bond donors (Lipinski definition) is 1. The number of furan rings is 1. The van der Waals surface area contributed by atoms with Crippen LogP contribution in [-0.4, -0.2) is 31.4 Å². The fourth-order valence-corrected chi connectivity index (χ4v) is 2.93. The van der Waals surface area contributed by atoms with Crippen LogP contribution in [0, 0.1) is 0 Å². The monoisotopic (exact) mass is 292 g/mol. The second kappa shape index (κ2) is 7.26.